The predicted octanol–water partition coefficient (Wildman–Crippen LogP) is 2.29. The highest BCUT2D eigenvalue weighted by atomic mass is 16.5. The van der Waals surface area contributed by atoms with Crippen molar-refractivity contribution in [3.05, 3.63) is 63.7 Å². The van der Waals surface area contributed by atoms with Crippen LogP contribution in [0.3, 0.4) is 0 Å². The molecule has 7 nitrogen and oxygen atoms in total. The number of carbonyl (C=O) groups is 1. The molecule has 1 N–H and O–H groups in total. The summed E-state index contributed by atoms with van der Waals surface area (Å²) in [7, 11) is 3.15. The molecule has 0 unspecified atom stereocenters. The van der Waals surface area contributed by atoms with E-state index in [1.165, 1.54) is 0 Å². The summed E-state index contributed by atoms with van der Waals surface area (Å²) in [6, 6.07) is 10.5. The molecule has 2 heterocycles. The molecule has 0 atom stereocenters. The molecule has 7 heteroatoms. The normalized spacial score (nSPS) is 12.6. The smallest absolute Gasteiger partial charge is 0.261 e. The number of fused-ring (bicyclic) bond motifs is 2. The Morgan fingerprint density at radius 1 is 1.14 bits per heavy atom. The van der Waals surface area contributed by atoms with Crippen molar-refractivity contribution in [2.24, 2.45) is 0 Å². The van der Waals surface area contributed by atoms with Crippen LogP contribution in [-0.2, 0) is 19.5 Å². The fraction of sp³-hybridized carbons (Fsp3) is 0.286. The molecule has 1 aliphatic heterocycles. The molecule has 0 bridgehead atoms. The lowest BCUT2D eigenvalue weighted by Gasteiger charge is -2.11. The molecule has 144 valence electrons. The zero-order valence-corrected chi connectivity index (χ0v) is 15.8. The zero-order chi connectivity index (χ0) is 19.7. The number of hydrogen-bond acceptors (Lipinski definition) is 5. The molecule has 3 aromatic rings. The Labute approximate surface area is 161 Å². The van der Waals surface area contributed by atoms with Crippen molar-refractivity contribution < 1.29 is 14.3 Å². The quantitative estimate of drug-likeness (QED) is 0.736. The molecular weight excluding hydrogens is 358 g/mol. The van der Waals surface area contributed by atoms with Crippen LogP contribution in [0.2, 0.25) is 0 Å². The highest BCUT2D eigenvalue weighted by Crippen LogP contribution is 2.27. The SMILES string of the molecule is COc1ccc(CNC(=O)c2ccc3c(=O)n4c(nc3c2)CCC4)cc1OC. The Kier molecular flexibility index (Phi) is 4.73. The van der Waals surface area contributed by atoms with Crippen LogP contribution in [0.15, 0.2) is 41.2 Å². The summed E-state index contributed by atoms with van der Waals surface area (Å²) in [5.41, 5.74) is 1.90. The maximum absolute atomic E-state index is 12.6. The minimum Gasteiger partial charge on any atom is -0.493 e. The average molecular weight is 379 g/mol. The van der Waals surface area contributed by atoms with Gasteiger partial charge in [0.05, 0.1) is 25.1 Å². The number of amides is 1. The van der Waals surface area contributed by atoms with E-state index in [0.717, 1.165) is 24.2 Å². The summed E-state index contributed by atoms with van der Waals surface area (Å²) in [5, 5.41) is 3.43. The van der Waals surface area contributed by atoms with Gasteiger partial charge in [0.15, 0.2) is 11.5 Å². The summed E-state index contributed by atoms with van der Waals surface area (Å²) in [6.07, 6.45) is 1.72. The van der Waals surface area contributed by atoms with Gasteiger partial charge >= 0.3 is 0 Å². The number of hydrogen-bond donors (Lipinski definition) is 1. The van der Waals surface area contributed by atoms with Crippen molar-refractivity contribution in [2.75, 3.05) is 14.2 Å². The number of nitrogens with one attached hydrogen (secondary N) is 1. The molecule has 0 fully saturated rings. The van der Waals surface area contributed by atoms with E-state index < -0.39 is 0 Å². The fourth-order valence-corrected chi connectivity index (χ4v) is 3.50. The van der Waals surface area contributed by atoms with Crippen molar-refractivity contribution in [3.8, 4) is 11.5 Å². The Bertz CT molecular complexity index is 1120. The maximum Gasteiger partial charge on any atom is 0.261 e. The second-order valence-corrected chi connectivity index (χ2v) is 6.69. The van der Waals surface area contributed by atoms with Crippen LogP contribution in [-0.4, -0.2) is 29.7 Å². The van der Waals surface area contributed by atoms with Gasteiger partial charge in [-0.3, -0.25) is 14.2 Å². The monoisotopic (exact) mass is 379 g/mol. The van der Waals surface area contributed by atoms with E-state index in [4.69, 9.17) is 9.47 Å². The van der Waals surface area contributed by atoms with E-state index in [-0.39, 0.29) is 11.5 Å². The number of aryl methyl sites for hydroxylation is 1. The van der Waals surface area contributed by atoms with Gasteiger partial charge in [-0.1, -0.05) is 6.07 Å². The highest BCUT2D eigenvalue weighted by molar-refractivity contribution is 5.97. The topological polar surface area (TPSA) is 82.5 Å². The number of benzene rings is 2. The summed E-state index contributed by atoms with van der Waals surface area (Å²) >= 11 is 0. The largest absolute Gasteiger partial charge is 0.493 e. The first-order chi connectivity index (χ1) is 13.6. The van der Waals surface area contributed by atoms with E-state index in [1.54, 1.807) is 43.1 Å². The van der Waals surface area contributed by atoms with Gasteiger partial charge in [-0.05, 0) is 42.3 Å². The maximum atomic E-state index is 12.6. The van der Waals surface area contributed by atoms with Crippen LogP contribution in [0.5, 0.6) is 11.5 Å². The number of carbonyl (C=O) groups excluding carboxylic acids is 1. The predicted molar refractivity (Wildman–Crippen MR) is 105 cm³/mol. The van der Waals surface area contributed by atoms with E-state index >= 15 is 0 Å². The van der Waals surface area contributed by atoms with E-state index in [2.05, 4.69) is 10.3 Å². The zero-order valence-electron chi connectivity index (χ0n) is 15.8. The first-order valence-electron chi connectivity index (χ1n) is 9.13. The molecule has 28 heavy (non-hydrogen) atoms. The van der Waals surface area contributed by atoms with Crippen molar-refractivity contribution in [2.45, 2.75) is 25.9 Å². The number of nitrogens with zero attached hydrogens (tertiary/aromatic N) is 2. The number of ether oxygens (including phenoxy) is 2. The van der Waals surface area contributed by atoms with E-state index in [0.29, 0.717) is 41.1 Å². The third-order valence-corrected chi connectivity index (χ3v) is 4.98. The molecule has 1 aromatic heterocycles. The third-order valence-electron chi connectivity index (χ3n) is 4.98. The third kappa shape index (κ3) is 3.19. The lowest BCUT2D eigenvalue weighted by Crippen LogP contribution is -2.24. The number of methoxy groups -OCH3 is 2. The van der Waals surface area contributed by atoms with Crippen LogP contribution >= 0.6 is 0 Å². The Hall–Kier alpha value is -3.35. The van der Waals surface area contributed by atoms with Gasteiger partial charge in [0.25, 0.3) is 11.5 Å². The second-order valence-electron chi connectivity index (χ2n) is 6.69. The molecule has 0 saturated heterocycles. The van der Waals surface area contributed by atoms with Gasteiger partial charge in [0.1, 0.15) is 5.82 Å². The summed E-state index contributed by atoms with van der Waals surface area (Å²) < 4.78 is 12.2. The van der Waals surface area contributed by atoms with Crippen LogP contribution < -0.4 is 20.3 Å². The Morgan fingerprint density at radius 3 is 2.75 bits per heavy atom. The molecule has 0 saturated carbocycles. The van der Waals surface area contributed by atoms with E-state index in [1.807, 2.05) is 12.1 Å². The van der Waals surface area contributed by atoms with Crippen LogP contribution in [0.25, 0.3) is 10.9 Å². The first kappa shape index (κ1) is 18.0. The number of rotatable bonds is 5. The van der Waals surface area contributed by atoms with Crippen molar-refractivity contribution in [1.82, 2.24) is 14.9 Å². The summed E-state index contributed by atoms with van der Waals surface area (Å²) in [6.45, 7) is 1.06. The van der Waals surface area contributed by atoms with Gasteiger partial charge in [-0.25, -0.2) is 4.98 Å². The average Bonchev–Trinajstić information content (AvgIpc) is 3.20. The lowest BCUT2D eigenvalue weighted by molar-refractivity contribution is 0.0951. The van der Waals surface area contributed by atoms with Crippen molar-refractivity contribution in [3.63, 3.8) is 0 Å². The fourth-order valence-electron chi connectivity index (χ4n) is 3.50. The molecule has 1 aliphatic rings. The molecule has 1 amide bonds. The summed E-state index contributed by atoms with van der Waals surface area (Å²) in [4.78, 5) is 29.7. The number of aromatic nitrogens is 2. The lowest BCUT2D eigenvalue weighted by atomic mass is 10.1. The standard InChI is InChI=1S/C21H21N3O4/c1-27-17-8-5-13(10-18(17)28-2)12-22-20(25)14-6-7-15-16(11-14)23-19-4-3-9-24(19)21(15)26/h5-8,10-11H,3-4,9,12H2,1-2H3,(H,22,25). The van der Waals surface area contributed by atoms with Crippen LogP contribution in [0, 0.1) is 0 Å². The molecule has 0 radical (unpaired) electrons. The van der Waals surface area contributed by atoms with Crippen molar-refractivity contribution in [1.29, 1.82) is 0 Å². The van der Waals surface area contributed by atoms with Crippen LogP contribution in [0.1, 0.15) is 28.2 Å². The molecule has 0 spiro atoms. The molecule has 2 aromatic carbocycles. The minimum absolute atomic E-state index is 0.0326. The molecule has 4 rings (SSSR count). The molecular formula is C21H21N3O4. The van der Waals surface area contributed by atoms with Gasteiger partial charge < -0.3 is 14.8 Å². The minimum atomic E-state index is -0.223. The van der Waals surface area contributed by atoms with Crippen molar-refractivity contribution >= 4 is 16.8 Å². The highest BCUT2D eigenvalue weighted by Gasteiger charge is 2.17. The van der Waals surface area contributed by atoms with Gasteiger partial charge in [-0.15, -0.1) is 0 Å². The molecule has 0 aliphatic carbocycles. The first-order valence-corrected chi connectivity index (χ1v) is 9.13. The Morgan fingerprint density at radius 2 is 1.96 bits per heavy atom. The van der Waals surface area contributed by atoms with Gasteiger partial charge in [0, 0.05) is 25.1 Å². The summed E-state index contributed by atoms with van der Waals surface area (Å²) in [5.74, 6) is 1.81. The van der Waals surface area contributed by atoms with Gasteiger partial charge in [-0.2, -0.15) is 0 Å². The Balaban J connectivity index is 1.54. The second kappa shape index (κ2) is 7.34. The van der Waals surface area contributed by atoms with Gasteiger partial charge in [0.2, 0.25) is 0 Å². The van der Waals surface area contributed by atoms with E-state index in [9.17, 15) is 9.59 Å². The van der Waals surface area contributed by atoms with Crippen LogP contribution in [0.4, 0.5) is 0 Å².